The van der Waals surface area contributed by atoms with Crippen LogP contribution in [0.5, 0.6) is 0 Å². The molecule has 2 fully saturated rings. The Bertz CT molecular complexity index is 2480. The minimum atomic E-state index is -0.853. The molecule has 6 aromatic rings. The van der Waals surface area contributed by atoms with Crippen LogP contribution < -0.4 is 0 Å². The lowest BCUT2D eigenvalue weighted by molar-refractivity contribution is -0.0681. The molecule has 0 aliphatic carbocycles. The summed E-state index contributed by atoms with van der Waals surface area (Å²) in [6.07, 6.45) is 6.82. The molecule has 4 atom stereocenters. The third kappa shape index (κ3) is 10.2. The Morgan fingerprint density at radius 2 is 1.19 bits per heavy atom. The van der Waals surface area contributed by atoms with E-state index in [2.05, 4.69) is 11.9 Å². The highest BCUT2D eigenvalue weighted by Crippen LogP contribution is 2.42. The molecule has 5 aromatic carbocycles. The number of pyridine rings is 1. The molecule has 0 spiro atoms. The fourth-order valence-electron chi connectivity index (χ4n) is 8.87. The second-order valence-corrected chi connectivity index (χ2v) is 16.5. The summed E-state index contributed by atoms with van der Waals surface area (Å²) >= 11 is 0. The fraction of sp³-hybridized carbons (Fsp3) is 0.302. The van der Waals surface area contributed by atoms with Crippen LogP contribution in [0.25, 0.3) is 22.3 Å². The van der Waals surface area contributed by atoms with Gasteiger partial charge in [0.15, 0.2) is 0 Å². The van der Waals surface area contributed by atoms with Crippen LogP contribution in [0.1, 0.15) is 93.6 Å². The Kier molecular flexibility index (Phi) is 14.5. The molecule has 1 aromatic heterocycles. The molecule has 8 rings (SSSR count). The number of amides is 2. The molecule has 2 aliphatic rings. The largest absolute Gasteiger partial charge is 0.438 e. The van der Waals surface area contributed by atoms with Gasteiger partial charge in [0.25, 0.3) is 0 Å². The third-order valence-electron chi connectivity index (χ3n) is 12.6. The topological polar surface area (TPSA) is 92.2 Å². The van der Waals surface area contributed by atoms with Gasteiger partial charge in [-0.3, -0.25) is 4.98 Å². The first-order chi connectivity index (χ1) is 31.0. The van der Waals surface area contributed by atoms with Gasteiger partial charge in [-0.2, -0.15) is 0 Å². The van der Waals surface area contributed by atoms with E-state index in [0.717, 1.165) is 58.7 Å². The Balaban J connectivity index is 0.000000191. The predicted molar refractivity (Wildman–Crippen MR) is 241 cm³/mol. The number of aliphatic hydroxyl groups is 1. The first-order valence-electron chi connectivity index (χ1n) is 21.9. The van der Waals surface area contributed by atoms with E-state index in [1.54, 1.807) is 40.3 Å². The Morgan fingerprint density at radius 1 is 0.641 bits per heavy atom. The van der Waals surface area contributed by atoms with Crippen molar-refractivity contribution < 1.29 is 37.3 Å². The van der Waals surface area contributed by atoms with Crippen molar-refractivity contribution in [2.24, 2.45) is 0 Å². The monoisotopic (exact) mass is 869 g/mol. The first-order valence-corrected chi connectivity index (χ1v) is 21.9. The van der Waals surface area contributed by atoms with Gasteiger partial charge in [0.05, 0.1) is 12.1 Å². The summed E-state index contributed by atoms with van der Waals surface area (Å²) in [4.78, 5) is 33.8. The summed E-state index contributed by atoms with van der Waals surface area (Å²) in [6.45, 7) is 7.14. The maximum Gasteiger partial charge on any atom is 0.411 e. The number of carbonyl (C=O) groups is 2. The molecule has 64 heavy (non-hydrogen) atoms. The highest BCUT2D eigenvalue weighted by Gasteiger charge is 2.44. The van der Waals surface area contributed by atoms with Crippen molar-refractivity contribution in [2.75, 3.05) is 19.7 Å². The molecule has 2 aliphatic heterocycles. The number of aromatic nitrogens is 1. The van der Waals surface area contributed by atoms with Crippen LogP contribution in [0, 0.1) is 17.5 Å². The van der Waals surface area contributed by atoms with Crippen LogP contribution >= 0.6 is 0 Å². The Hall–Kier alpha value is -6.46. The molecule has 4 unspecified atom stereocenters. The van der Waals surface area contributed by atoms with Gasteiger partial charge < -0.3 is 24.4 Å². The van der Waals surface area contributed by atoms with Gasteiger partial charge in [0.2, 0.25) is 0 Å². The Morgan fingerprint density at radius 3 is 1.70 bits per heavy atom. The van der Waals surface area contributed by atoms with Crippen molar-refractivity contribution in [3.05, 3.63) is 186 Å². The van der Waals surface area contributed by atoms with Crippen LogP contribution in [0.15, 0.2) is 146 Å². The summed E-state index contributed by atoms with van der Waals surface area (Å²) in [5.41, 5.74) is 5.39. The van der Waals surface area contributed by atoms with E-state index in [1.807, 2.05) is 98.9 Å². The van der Waals surface area contributed by atoms with Crippen LogP contribution in [0.2, 0.25) is 0 Å². The number of carbonyl (C=O) groups excluding carboxylic acids is 2. The van der Waals surface area contributed by atoms with Crippen molar-refractivity contribution in [2.45, 2.75) is 82.6 Å². The number of halogens is 3. The molecule has 1 N–H and O–H groups in total. The van der Waals surface area contributed by atoms with E-state index >= 15 is 0 Å². The predicted octanol–water partition coefficient (Wildman–Crippen LogP) is 12.7. The molecule has 0 bridgehead atoms. The van der Waals surface area contributed by atoms with Gasteiger partial charge >= 0.3 is 12.2 Å². The van der Waals surface area contributed by atoms with Crippen LogP contribution in [-0.4, -0.2) is 51.8 Å². The smallest absolute Gasteiger partial charge is 0.411 e. The van der Waals surface area contributed by atoms with Crippen LogP contribution in [0.3, 0.4) is 0 Å². The molecule has 2 amide bonds. The van der Waals surface area contributed by atoms with Crippen molar-refractivity contribution in [3.63, 3.8) is 0 Å². The summed E-state index contributed by atoms with van der Waals surface area (Å²) in [7, 11) is 0. The number of hydrogen-bond donors (Lipinski definition) is 1. The average Bonchev–Trinajstić information content (AvgIpc) is 3.32. The molecular weight excluding hydrogens is 816 g/mol. The van der Waals surface area contributed by atoms with Crippen molar-refractivity contribution in [1.82, 2.24) is 14.8 Å². The van der Waals surface area contributed by atoms with Gasteiger partial charge in [-0.05, 0) is 102 Å². The molecular formula is C53H54F3N3O5. The van der Waals surface area contributed by atoms with E-state index in [9.17, 15) is 27.9 Å². The lowest BCUT2D eigenvalue weighted by atomic mass is 9.84. The van der Waals surface area contributed by atoms with Gasteiger partial charge in [0, 0.05) is 56.6 Å². The van der Waals surface area contributed by atoms with E-state index in [0.29, 0.717) is 43.5 Å². The van der Waals surface area contributed by atoms with Crippen molar-refractivity contribution >= 4 is 12.2 Å². The molecule has 0 radical (unpaired) electrons. The summed E-state index contributed by atoms with van der Waals surface area (Å²) in [5.74, 6) is -1.54. The van der Waals surface area contributed by atoms with Crippen LogP contribution in [-0.2, 0) is 20.7 Å². The SMILES string of the molecule is CC(c1ccc(-c2cccnc2)cc1)N1CCC(CCCO)(c2ccc(F)cc2)OC1=O.CCCC1(c2ccccc2)CCN(C(C)c2ccc(-c3ccc(F)cc3F)cc2)C(=O)O1. The molecule has 11 heteroatoms. The van der Waals surface area contributed by atoms with Crippen molar-refractivity contribution in [3.8, 4) is 22.3 Å². The number of ether oxygens (including phenoxy) is 2. The first kappa shape index (κ1) is 45.6. The van der Waals surface area contributed by atoms with Crippen LogP contribution in [0.4, 0.5) is 22.8 Å². The van der Waals surface area contributed by atoms with E-state index < -0.39 is 28.9 Å². The minimum absolute atomic E-state index is 0.00386. The third-order valence-corrected chi connectivity index (χ3v) is 12.6. The van der Waals surface area contributed by atoms with E-state index in [-0.39, 0.29) is 30.6 Å². The number of nitrogens with zero attached hydrogens (tertiary/aromatic N) is 3. The quantitative estimate of drug-likeness (QED) is 0.124. The second kappa shape index (κ2) is 20.4. The van der Waals surface area contributed by atoms with E-state index in [4.69, 9.17) is 9.47 Å². The summed E-state index contributed by atoms with van der Waals surface area (Å²) < 4.78 is 52.8. The number of aliphatic hydroxyl groups excluding tert-OH is 1. The maximum atomic E-state index is 14.1. The lowest BCUT2D eigenvalue weighted by Crippen LogP contribution is -2.48. The molecule has 2 saturated heterocycles. The summed E-state index contributed by atoms with van der Waals surface area (Å²) in [5, 5.41) is 9.35. The van der Waals surface area contributed by atoms with Gasteiger partial charge in [-0.1, -0.05) is 110 Å². The highest BCUT2D eigenvalue weighted by molar-refractivity contribution is 5.71. The van der Waals surface area contributed by atoms with Gasteiger partial charge in [-0.25, -0.2) is 22.8 Å². The van der Waals surface area contributed by atoms with Gasteiger partial charge in [0.1, 0.15) is 28.7 Å². The van der Waals surface area contributed by atoms with Gasteiger partial charge in [-0.15, -0.1) is 0 Å². The van der Waals surface area contributed by atoms with E-state index in [1.165, 1.54) is 24.3 Å². The number of cyclic esters (lactones) is 2. The number of hydrogen-bond acceptors (Lipinski definition) is 6. The normalized spacial score (nSPS) is 19.5. The lowest BCUT2D eigenvalue weighted by Gasteiger charge is -2.43. The highest BCUT2D eigenvalue weighted by atomic mass is 19.1. The maximum absolute atomic E-state index is 14.1. The zero-order valence-corrected chi connectivity index (χ0v) is 36.4. The molecule has 3 heterocycles. The zero-order chi connectivity index (χ0) is 45.3. The summed E-state index contributed by atoms with van der Waals surface area (Å²) in [6, 6.07) is 38.6. The average molecular weight is 870 g/mol. The standard InChI is InChI=1S/C27H27F2NO2.C26H27FN2O3/c1-3-15-27(22-7-5-4-6-8-22)16-17-30(26(31)32-27)19(2)20-9-11-21(12-10-20)24-14-13-23(28)18-25(24)29;1-19(20-5-7-21(8-6-20)22-4-2-15-28-18-22)29-16-14-26(13-3-17-30,32-25(29)31)23-9-11-24(27)12-10-23/h4-14,18-19H,3,15-17H2,1-2H3;2,4-12,15,18-19,30H,3,13-14,16-17H2,1H3. The minimum Gasteiger partial charge on any atom is -0.438 e. The Labute approximate surface area is 373 Å². The fourth-order valence-corrected chi connectivity index (χ4v) is 8.87. The number of rotatable bonds is 13. The molecule has 0 saturated carbocycles. The number of benzene rings is 5. The zero-order valence-electron chi connectivity index (χ0n) is 36.4. The van der Waals surface area contributed by atoms with Crippen molar-refractivity contribution in [1.29, 1.82) is 0 Å². The molecule has 332 valence electrons. The second-order valence-electron chi connectivity index (χ2n) is 16.5. The molecule has 8 nitrogen and oxygen atoms in total.